The van der Waals surface area contributed by atoms with Crippen molar-refractivity contribution in [3.63, 3.8) is 0 Å². The van der Waals surface area contributed by atoms with Crippen LogP contribution in [-0.2, 0) is 23.8 Å². The number of hydrogen-bond donors (Lipinski definition) is 2. The van der Waals surface area contributed by atoms with Gasteiger partial charge in [-0.15, -0.1) is 0 Å². The van der Waals surface area contributed by atoms with Crippen LogP contribution in [-0.4, -0.2) is 47.3 Å². The zero-order valence-corrected chi connectivity index (χ0v) is 12.3. The summed E-state index contributed by atoms with van der Waals surface area (Å²) in [5.74, 6) is -3.38. The molecule has 2 N–H and O–H groups in total. The number of carboxylic acid groups (broad SMARTS) is 1. The summed E-state index contributed by atoms with van der Waals surface area (Å²) >= 11 is 0. The molecule has 3 aliphatic rings. The van der Waals surface area contributed by atoms with Crippen LogP contribution in [0.15, 0.2) is 24.0 Å². The van der Waals surface area contributed by atoms with Crippen LogP contribution in [0.1, 0.15) is 13.3 Å². The van der Waals surface area contributed by atoms with E-state index in [9.17, 15) is 19.8 Å². The molecular weight excluding hydrogens is 292 g/mol. The first kappa shape index (κ1) is 15.1. The predicted octanol–water partition coefficient (Wildman–Crippen LogP) is 0.442. The van der Waals surface area contributed by atoms with Gasteiger partial charge in [0.05, 0.1) is 30.8 Å². The quantitative estimate of drug-likeness (QED) is 0.574. The van der Waals surface area contributed by atoms with Crippen LogP contribution in [0.3, 0.4) is 0 Å². The number of rotatable bonds is 4. The molecule has 22 heavy (non-hydrogen) atoms. The molecule has 7 nitrogen and oxygen atoms in total. The van der Waals surface area contributed by atoms with Crippen LogP contribution in [0, 0.1) is 17.8 Å². The summed E-state index contributed by atoms with van der Waals surface area (Å²) < 4.78 is 15.8. The summed E-state index contributed by atoms with van der Waals surface area (Å²) in [5, 5.41) is 20.3. The van der Waals surface area contributed by atoms with Gasteiger partial charge in [0.25, 0.3) is 0 Å². The summed E-state index contributed by atoms with van der Waals surface area (Å²) in [6.45, 7) is 1.72. The van der Waals surface area contributed by atoms with Crippen molar-refractivity contribution in [3.05, 3.63) is 24.0 Å². The number of aliphatic hydroxyl groups is 1. The molecule has 1 fully saturated rings. The Balaban J connectivity index is 1.95. The molecule has 0 aromatic heterocycles. The highest BCUT2D eigenvalue weighted by atomic mass is 16.7. The average Bonchev–Trinajstić information content (AvgIpc) is 2.99. The number of aliphatic carboxylic acids is 1. The molecule has 0 aromatic carbocycles. The maximum absolute atomic E-state index is 11.8. The number of ether oxygens (including phenoxy) is 3. The summed E-state index contributed by atoms with van der Waals surface area (Å²) in [4.78, 5) is 23.2. The largest absolute Gasteiger partial charge is 0.481 e. The highest BCUT2D eigenvalue weighted by Crippen LogP contribution is 2.53. The number of carbonyl (C=O) groups excluding carboxylic acids is 1. The van der Waals surface area contributed by atoms with Crippen LogP contribution < -0.4 is 0 Å². The van der Waals surface area contributed by atoms with Crippen LogP contribution in [0.2, 0.25) is 0 Å². The first-order valence-electron chi connectivity index (χ1n) is 7.17. The van der Waals surface area contributed by atoms with E-state index in [0.717, 1.165) is 0 Å². The van der Waals surface area contributed by atoms with Crippen molar-refractivity contribution in [3.8, 4) is 0 Å². The van der Waals surface area contributed by atoms with Crippen molar-refractivity contribution >= 4 is 11.9 Å². The Morgan fingerprint density at radius 2 is 2.23 bits per heavy atom. The van der Waals surface area contributed by atoms with Gasteiger partial charge < -0.3 is 24.4 Å². The van der Waals surface area contributed by atoms with Gasteiger partial charge in [0.1, 0.15) is 11.7 Å². The number of hydrogen-bond acceptors (Lipinski definition) is 6. The Labute approximate surface area is 127 Å². The van der Waals surface area contributed by atoms with E-state index < -0.39 is 47.7 Å². The van der Waals surface area contributed by atoms with Crippen molar-refractivity contribution in [2.24, 2.45) is 17.8 Å². The third kappa shape index (κ3) is 1.89. The fourth-order valence-electron chi connectivity index (χ4n) is 3.66. The smallest absolute Gasteiger partial charge is 0.337 e. The summed E-state index contributed by atoms with van der Waals surface area (Å²) in [7, 11) is 1.27. The normalized spacial score (nSPS) is 39.7. The lowest BCUT2D eigenvalue weighted by Crippen LogP contribution is -2.48. The minimum absolute atomic E-state index is 0.295. The second-order valence-electron chi connectivity index (χ2n) is 5.78. The first-order valence-corrected chi connectivity index (χ1v) is 7.17. The van der Waals surface area contributed by atoms with Gasteiger partial charge in [-0.3, -0.25) is 4.79 Å². The highest BCUT2D eigenvalue weighted by molar-refractivity contribution is 5.89. The monoisotopic (exact) mass is 310 g/mol. The van der Waals surface area contributed by atoms with E-state index in [1.807, 2.05) is 0 Å². The molecule has 1 aliphatic carbocycles. The van der Waals surface area contributed by atoms with Gasteiger partial charge in [-0.25, -0.2) is 4.79 Å². The molecule has 2 aliphatic heterocycles. The van der Waals surface area contributed by atoms with Crippen LogP contribution in [0.4, 0.5) is 0 Å². The molecule has 0 aromatic rings. The Hall–Kier alpha value is -1.86. The molecular formula is C15H18O7. The van der Waals surface area contributed by atoms with Crippen molar-refractivity contribution in [1.82, 2.24) is 0 Å². The first-order chi connectivity index (χ1) is 10.4. The molecule has 0 amide bonds. The van der Waals surface area contributed by atoms with E-state index >= 15 is 0 Å². The standard InChI is InChI=1S/C15H18O7/c1-3-7(12(16)17)11-15(19)5-4-8-9(13(18)20-2)6-21-14(22-11)10(8)15/h4-8,10-11,14,19H,3H2,1-2H3,(H,16,17)/t7-,8+,10+,11+,14+,15-/m0/s1. The SMILES string of the molecule is CC[C@H](C(=O)O)[C@H]1O[C@H]2OC=C(C(=O)OC)[C@H]3C=C[C@]1(O)[C@@H]23. The molecule has 7 heteroatoms. The number of esters is 1. The molecule has 6 atom stereocenters. The third-order valence-electron chi connectivity index (χ3n) is 4.75. The van der Waals surface area contributed by atoms with Gasteiger partial charge in [-0.1, -0.05) is 19.1 Å². The molecule has 0 radical (unpaired) electrons. The minimum Gasteiger partial charge on any atom is -0.481 e. The Kier molecular flexibility index (Phi) is 3.49. The van der Waals surface area contributed by atoms with Gasteiger partial charge in [-0.2, -0.15) is 0 Å². The Bertz CT molecular complexity index is 566. The van der Waals surface area contributed by atoms with Gasteiger partial charge in [0.2, 0.25) is 6.29 Å². The second-order valence-corrected chi connectivity index (χ2v) is 5.78. The van der Waals surface area contributed by atoms with Crippen molar-refractivity contribution < 1.29 is 34.0 Å². The summed E-state index contributed by atoms with van der Waals surface area (Å²) in [6, 6.07) is 0. The lowest BCUT2D eigenvalue weighted by Gasteiger charge is -2.33. The number of carbonyl (C=O) groups is 2. The van der Waals surface area contributed by atoms with E-state index in [2.05, 4.69) is 0 Å². The van der Waals surface area contributed by atoms with Crippen molar-refractivity contribution in [2.75, 3.05) is 7.11 Å². The van der Waals surface area contributed by atoms with E-state index in [1.54, 1.807) is 13.0 Å². The van der Waals surface area contributed by atoms with Gasteiger partial charge in [0.15, 0.2) is 0 Å². The number of methoxy groups -OCH3 is 1. The lowest BCUT2D eigenvalue weighted by atomic mass is 9.76. The fraction of sp³-hybridized carbons (Fsp3) is 0.600. The molecule has 2 heterocycles. The van der Waals surface area contributed by atoms with Gasteiger partial charge in [-0.05, 0) is 6.42 Å². The topological polar surface area (TPSA) is 102 Å². The second kappa shape index (κ2) is 5.10. The van der Waals surface area contributed by atoms with Crippen molar-refractivity contribution in [1.29, 1.82) is 0 Å². The number of carboxylic acids is 1. The third-order valence-corrected chi connectivity index (χ3v) is 4.75. The van der Waals surface area contributed by atoms with Crippen molar-refractivity contribution in [2.45, 2.75) is 31.3 Å². The Morgan fingerprint density at radius 1 is 1.50 bits per heavy atom. The zero-order valence-electron chi connectivity index (χ0n) is 12.3. The maximum atomic E-state index is 11.8. The van der Waals surface area contributed by atoms with E-state index in [4.69, 9.17) is 14.2 Å². The molecule has 0 saturated carbocycles. The van der Waals surface area contributed by atoms with Crippen LogP contribution >= 0.6 is 0 Å². The molecule has 3 rings (SSSR count). The highest BCUT2D eigenvalue weighted by Gasteiger charge is 2.65. The van der Waals surface area contributed by atoms with E-state index in [0.29, 0.717) is 12.0 Å². The van der Waals surface area contributed by atoms with Gasteiger partial charge >= 0.3 is 11.9 Å². The molecule has 0 unspecified atom stereocenters. The molecule has 0 bridgehead atoms. The lowest BCUT2D eigenvalue weighted by molar-refractivity contribution is -0.163. The van der Waals surface area contributed by atoms with Gasteiger partial charge in [0, 0.05) is 5.92 Å². The average molecular weight is 310 g/mol. The maximum Gasteiger partial charge on any atom is 0.337 e. The van der Waals surface area contributed by atoms with E-state index in [1.165, 1.54) is 19.4 Å². The fourth-order valence-corrected chi connectivity index (χ4v) is 3.66. The predicted molar refractivity (Wildman–Crippen MR) is 72.3 cm³/mol. The van der Waals surface area contributed by atoms with Crippen LogP contribution in [0.5, 0.6) is 0 Å². The zero-order chi connectivity index (χ0) is 16.1. The minimum atomic E-state index is -1.47. The molecule has 120 valence electrons. The summed E-state index contributed by atoms with van der Waals surface area (Å²) in [5.41, 5.74) is -1.18. The molecule has 0 spiro atoms. The Morgan fingerprint density at radius 3 is 2.82 bits per heavy atom. The van der Waals surface area contributed by atoms with E-state index in [-0.39, 0.29) is 0 Å². The van der Waals surface area contributed by atoms with Crippen LogP contribution in [0.25, 0.3) is 0 Å². The summed E-state index contributed by atoms with van der Waals surface area (Å²) in [6.07, 6.45) is 3.13. The number of allylic oxidation sites excluding steroid dienone is 1. The molecule has 1 saturated heterocycles.